The van der Waals surface area contributed by atoms with Crippen molar-refractivity contribution < 1.29 is 0 Å². The van der Waals surface area contributed by atoms with Crippen molar-refractivity contribution in [3.8, 4) is 0 Å². The molecule has 0 bridgehead atoms. The monoisotopic (exact) mass is 264 g/mol. The van der Waals surface area contributed by atoms with Crippen LogP contribution in [0.2, 0.25) is 0 Å². The maximum atomic E-state index is 4.44. The Morgan fingerprint density at radius 3 is 2.95 bits per heavy atom. The van der Waals surface area contributed by atoms with E-state index in [0.717, 1.165) is 39.3 Å². The molecule has 1 aromatic rings. The fourth-order valence-corrected chi connectivity index (χ4v) is 2.76. The van der Waals surface area contributed by atoms with Crippen LogP contribution in [0.3, 0.4) is 0 Å². The van der Waals surface area contributed by atoms with Gasteiger partial charge in [-0.25, -0.2) is 4.98 Å². The third kappa shape index (κ3) is 3.80. The first-order valence-corrected chi connectivity index (χ1v) is 7.60. The number of rotatable bonds is 7. The highest BCUT2D eigenvalue weighted by molar-refractivity contribution is 4.96. The molecule has 0 saturated carbocycles. The van der Waals surface area contributed by atoms with Gasteiger partial charge < -0.3 is 9.88 Å². The van der Waals surface area contributed by atoms with Crippen molar-refractivity contribution in [3.63, 3.8) is 0 Å². The average Bonchev–Trinajstić information content (AvgIpc) is 2.86. The molecule has 0 radical (unpaired) electrons. The molecule has 1 atom stereocenters. The van der Waals surface area contributed by atoms with Gasteiger partial charge in [-0.1, -0.05) is 20.8 Å². The molecule has 0 aliphatic carbocycles. The van der Waals surface area contributed by atoms with Gasteiger partial charge >= 0.3 is 0 Å². The Balaban J connectivity index is 1.88. The molecule has 0 spiro atoms. The lowest BCUT2D eigenvalue weighted by molar-refractivity contribution is 0.127. The summed E-state index contributed by atoms with van der Waals surface area (Å²) in [6, 6.07) is 0. The molecule has 4 nitrogen and oxygen atoms in total. The average molecular weight is 264 g/mol. The van der Waals surface area contributed by atoms with Crippen LogP contribution in [-0.2, 0) is 13.1 Å². The largest absolute Gasteiger partial charge is 0.333 e. The van der Waals surface area contributed by atoms with E-state index >= 15 is 0 Å². The van der Waals surface area contributed by atoms with Crippen LogP contribution in [0.5, 0.6) is 0 Å². The van der Waals surface area contributed by atoms with Crippen LogP contribution < -0.4 is 5.32 Å². The van der Waals surface area contributed by atoms with Crippen LogP contribution in [0.25, 0.3) is 0 Å². The molecule has 1 N–H and O–H groups in total. The first-order chi connectivity index (χ1) is 9.17. The van der Waals surface area contributed by atoms with Crippen LogP contribution in [0, 0.1) is 5.41 Å². The van der Waals surface area contributed by atoms with E-state index in [1.54, 1.807) is 0 Å². The second-order valence-corrected chi connectivity index (χ2v) is 6.09. The smallest absolute Gasteiger partial charge is 0.122 e. The summed E-state index contributed by atoms with van der Waals surface area (Å²) < 4.78 is 2.27. The number of fused-ring (bicyclic) bond motifs is 1. The van der Waals surface area contributed by atoms with Gasteiger partial charge in [0.25, 0.3) is 0 Å². The number of nitrogens with one attached hydrogen (secondary N) is 1. The van der Waals surface area contributed by atoms with Crippen molar-refractivity contribution in [1.82, 2.24) is 19.8 Å². The minimum Gasteiger partial charge on any atom is -0.333 e. The predicted octanol–water partition coefficient (Wildman–Crippen LogP) is 2.11. The summed E-state index contributed by atoms with van der Waals surface area (Å²) in [6.45, 7) is 13.5. The Morgan fingerprint density at radius 2 is 2.21 bits per heavy atom. The second kappa shape index (κ2) is 6.53. The van der Waals surface area contributed by atoms with E-state index in [-0.39, 0.29) is 0 Å². The van der Waals surface area contributed by atoms with Crippen LogP contribution in [0.4, 0.5) is 0 Å². The Labute approximate surface area is 117 Å². The van der Waals surface area contributed by atoms with Crippen LogP contribution in [0.1, 0.15) is 39.4 Å². The molecule has 0 fully saturated rings. The number of hydrogen-bond acceptors (Lipinski definition) is 3. The van der Waals surface area contributed by atoms with E-state index in [1.807, 2.05) is 6.20 Å². The topological polar surface area (TPSA) is 33.1 Å². The molecule has 108 valence electrons. The molecule has 4 heteroatoms. The molecule has 1 unspecified atom stereocenters. The highest BCUT2D eigenvalue weighted by atomic mass is 15.2. The lowest BCUT2D eigenvalue weighted by Gasteiger charge is -2.37. The van der Waals surface area contributed by atoms with E-state index in [9.17, 15) is 0 Å². The van der Waals surface area contributed by atoms with Crippen LogP contribution in [0.15, 0.2) is 12.4 Å². The van der Waals surface area contributed by atoms with E-state index in [0.29, 0.717) is 5.41 Å². The van der Waals surface area contributed by atoms with Gasteiger partial charge in [0.05, 0.1) is 6.54 Å². The molecule has 1 aromatic heterocycles. The molecule has 2 rings (SSSR count). The molecule has 2 heterocycles. The van der Waals surface area contributed by atoms with Gasteiger partial charge in [0.1, 0.15) is 5.82 Å². The molecular formula is C15H28N4. The lowest BCUT2D eigenvalue weighted by atomic mass is 9.86. The van der Waals surface area contributed by atoms with Crippen LogP contribution >= 0.6 is 0 Å². The SMILES string of the molecule is CCCNCC(C)(CC)CN1CCn2ccnc2C1. The van der Waals surface area contributed by atoms with Crippen LogP contribution in [-0.4, -0.2) is 40.6 Å². The van der Waals surface area contributed by atoms with Crippen molar-refractivity contribution in [2.24, 2.45) is 5.41 Å². The van der Waals surface area contributed by atoms with Crippen molar-refractivity contribution >= 4 is 0 Å². The zero-order valence-electron chi connectivity index (χ0n) is 12.7. The maximum Gasteiger partial charge on any atom is 0.122 e. The summed E-state index contributed by atoms with van der Waals surface area (Å²) >= 11 is 0. The van der Waals surface area contributed by atoms with Gasteiger partial charge in [-0.15, -0.1) is 0 Å². The summed E-state index contributed by atoms with van der Waals surface area (Å²) in [5, 5.41) is 3.58. The van der Waals surface area contributed by atoms with Crippen molar-refractivity contribution in [2.75, 3.05) is 26.2 Å². The van der Waals surface area contributed by atoms with Crippen molar-refractivity contribution in [1.29, 1.82) is 0 Å². The van der Waals surface area contributed by atoms with Gasteiger partial charge in [0, 0.05) is 38.6 Å². The number of nitrogens with zero attached hydrogens (tertiary/aromatic N) is 3. The normalized spacial score (nSPS) is 19.1. The fourth-order valence-electron chi connectivity index (χ4n) is 2.76. The molecule has 0 aromatic carbocycles. The first kappa shape index (κ1) is 14.5. The highest BCUT2D eigenvalue weighted by Gasteiger charge is 2.27. The third-order valence-electron chi connectivity index (χ3n) is 4.26. The van der Waals surface area contributed by atoms with E-state index in [1.165, 1.54) is 18.7 Å². The Morgan fingerprint density at radius 1 is 1.37 bits per heavy atom. The molecular weight excluding hydrogens is 236 g/mol. The van der Waals surface area contributed by atoms with E-state index in [2.05, 4.69) is 46.7 Å². The summed E-state index contributed by atoms with van der Waals surface area (Å²) in [7, 11) is 0. The molecule has 0 amide bonds. The Bertz CT molecular complexity index is 387. The predicted molar refractivity (Wildman–Crippen MR) is 79.1 cm³/mol. The molecule has 0 saturated heterocycles. The lowest BCUT2D eigenvalue weighted by Crippen LogP contribution is -2.44. The second-order valence-electron chi connectivity index (χ2n) is 6.09. The molecule has 1 aliphatic rings. The minimum atomic E-state index is 0.365. The number of hydrogen-bond donors (Lipinski definition) is 1. The summed E-state index contributed by atoms with van der Waals surface area (Å²) in [5.74, 6) is 1.21. The number of aromatic nitrogens is 2. The van der Waals surface area contributed by atoms with E-state index in [4.69, 9.17) is 0 Å². The fraction of sp³-hybridized carbons (Fsp3) is 0.800. The standard InChI is InChI=1S/C15H28N4/c1-4-6-16-12-15(3,5-2)13-18-9-10-19-8-7-17-14(19)11-18/h7-8,16H,4-6,9-13H2,1-3H3. The Kier molecular flexibility index (Phi) is 4.99. The summed E-state index contributed by atoms with van der Waals surface area (Å²) in [4.78, 5) is 7.00. The quantitative estimate of drug-likeness (QED) is 0.766. The summed E-state index contributed by atoms with van der Waals surface area (Å²) in [6.07, 6.45) is 6.44. The Hall–Kier alpha value is -0.870. The van der Waals surface area contributed by atoms with Gasteiger partial charge in [-0.05, 0) is 24.8 Å². The first-order valence-electron chi connectivity index (χ1n) is 7.60. The van der Waals surface area contributed by atoms with Gasteiger partial charge in [-0.3, -0.25) is 4.90 Å². The summed E-state index contributed by atoms with van der Waals surface area (Å²) in [5.41, 5.74) is 0.365. The molecule has 19 heavy (non-hydrogen) atoms. The highest BCUT2D eigenvalue weighted by Crippen LogP contribution is 2.24. The van der Waals surface area contributed by atoms with Crippen molar-refractivity contribution in [2.45, 2.75) is 46.7 Å². The zero-order valence-corrected chi connectivity index (χ0v) is 12.7. The third-order valence-corrected chi connectivity index (χ3v) is 4.26. The molecule has 1 aliphatic heterocycles. The van der Waals surface area contributed by atoms with E-state index < -0.39 is 0 Å². The van der Waals surface area contributed by atoms with Gasteiger partial charge in [-0.2, -0.15) is 0 Å². The maximum absolute atomic E-state index is 4.44. The van der Waals surface area contributed by atoms with Crippen molar-refractivity contribution in [3.05, 3.63) is 18.2 Å². The van der Waals surface area contributed by atoms with Gasteiger partial charge in [0.2, 0.25) is 0 Å². The number of imidazole rings is 1. The minimum absolute atomic E-state index is 0.365. The zero-order chi connectivity index (χ0) is 13.7. The van der Waals surface area contributed by atoms with Gasteiger partial charge in [0.15, 0.2) is 0 Å².